The van der Waals surface area contributed by atoms with Crippen molar-refractivity contribution in [2.45, 2.75) is 58.7 Å². The second kappa shape index (κ2) is 7.04. The summed E-state index contributed by atoms with van der Waals surface area (Å²) in [5.74, 6) is -0.194. The van der Waals surface area contributed by atoms with Crippen LogP contribution in [0.25, 0.3) is 11.0 Å². The van der Waals surface area contributed by atoms with E-state index in [4.69, 9.17) is 0 Å². The number of rotatable bonds is 5. The van der Waals surface area contributed by atoms with Gasteiger partial charge in [0.2, 0.25) is 5.91 Å². The third kappa shape index (κ3) is 3.35. The lowest BCUT2D eigenvalue weighted by Gasteiger charge is -2.38. The van der Waals surface area contributed by atoms with Gasteiger partial charge in [0.05, 0.1) is 17.1 Å². The van der Waals surface area contributed by atoms with Gasteiger partial charge in [-0.1, -0.05) is 31.9 Å². The molecule has 1 fully saturated rings. The molecule has 2 aromatic rings. The number of aryl methyl sites for hydroxylation is 1. The molecule has 2 N–H and O–H groups in total. The summed E-state index contributed by atoms with van der Waals surface area (Å²) < 4.78 is 3.20. The maximum Gasteiger partial charge on any atom is 0.329 e. The monoisotopic (exact) mass is 345 g/mol. The van der Waals surface area contributed by atoms with Crippen molar-refractivity contribution in [3.05, 3.63) is 34.7 Å². The molecule has 0 unspecified atom stereocenters. The highest BCUT2D eigenvalue weighted by molar-refractivity contribution is 5.80. The molecular weight excluding hydrogens is 318 g/mol. The Morgan fingerprint density at radius 3 is 2.60 bits per heavy atom. The van der Waals surface area contributed by atoms with Gasteiger partial charge in [-0.05, 0) is 31.9 Å². The average molecular weight is 345 g/mol. The molecule has 3 rings (SSSR count). The number of aliphatic hydroxyl groups is 1. The van der Waals surface area contributed by atoms with Crippen LogP contribution in [0.15, 0.2) is 29.1 Å². The van der Waals surface area contributed by atoms with Crippen LogP contribution in [0, 0.1) is 5.41 Å². The number of benzene rings is 1. The third-order valence-corrected chi connectivity index (χ3v) is 5.51. The summed E-state index contributed by atoms with van der Waals surface area (Å²) in [6.45, 7) is 4.95. The quantitative estimate of drug-likeness (QED) is 0.869. The van der Waals surface area contributed by atoms with Gasteiger partial charge in [-0.3, -0.25) is 13.9 Å². The first-order valence-electron chi connectivity index (χ1n) is 9.09. The summed E-state index contributed by atoms with van der Waals surface area (Å²) in [4.78, 5) is 25.0. The van der Waals surface area contributed by atoms with Crippen LogP contribution in [0.3, 0.4) is 0 Å². The number of hydrogen-bond acceptors (Lipinski definition) is 3. The summed E-state index contributed by atoms with van der Waals surface area (Å²) in [5.41, 5.74) is 1.17. The number of aromatic nitrogens is 2. The molecule has 136 valence electrons. The first-order valence-corrected chi connectivity index (χ1v) is 9.09. The maximum atomic E-state index is 12.6. The summed E-state index contributed by atoms with van der Waals surface area (Å²) in [5, 5.41) is 13.2. The molecular formula is C19H27N3O3. The summed E-state index contributed by atoms with van der Waals surface area (Å²) in [7, 11) is 0. The molecule has 1 aromatic heterocycles. The van der Waals surface area contributed by atoms with Crippen LogP contribution in [0.2, 0.25) is 0 Å². The van der Waals surface area contributed by atoms with Gasteiger partial charge >= 0.3 is 5.69 Å². The van der Waals surface area contributed by atoms with Crippen molar-refractivity contribution in [3.8, 4) is 0 Å². The largest absolute Gasteiger partial charge is 0.392 e. The normalized spacial score (nSPS) is 23.7. The number of hydrogen-bond donors (Lipinski definition) is 2. The first kappa shape index (κ1) is 17.7. The Morgan fingerprint density at radius 2 is 1.96 bits per heavy atom. The number of nitrogens with zero attached hydrogens (tertiary/aromatic N) is 2. The molecule has 0 saturated heterocycles. The van der Waals surface area contributed by atoms with Crippen LogP contribution in [0.1, 0.15) is 39.5 Å². The summed E-state index contributed by atoms with van der Waals surface area (Å²) in [6, 6.07) is 7.52. The predicted molar refractivity (Wildman–Crippen MR) is 97.5 cm³/mol. The molecule has 1 aromatic carbocycles. The van der Waals surface area contributed by atoms with Crippen molar-refractivity contribution in [1.29, 1.82) is 0 Å². The van der Waals surface area contributed by atoms with Gasteiger partial charge in [0.1, 0.15) is 6.54 Å². The SMILES string of the molecule is CCn1c(=O)n(CC(=O)NC[C@@]2(C)CCCC[C@H]2O)c2ccccc21. The Balaban J connectivity index is 1.74. The molecule has 6 nitrogen and oxygen atoms in total. The van der Waals surface area contributed by atoms with Crippen LogP contribution in [0.4, 0.5) is 0 Å². The van der Waals surface area contributed by atoms with E-state index in [0.29, 0.717) is 13.1 Å². The van der Waals surface area contributed by atoms with Crippen LogP contribution >= 0.6 is 0 Å². The molecule has 1 saturated carbocycles. The smallest absolute Gasteiger partial charge is 0.329 e. The zero-order chi connectivity index (χ0) is 18.0. The van der Waals surface area contributed by atoms with Gasteiger partial charge in [0.15, 0.2) is 0 Å². The number of nitrogens with one attached hydrogen (secondary N) is 1. The Hall–Kier alpha value is -2.08. The van der Waals surface area contributed by atoms with E-state index in [1.165, 1.54) is 4.57 Å². The van der Waals surface area contributed by atoms with E-state index in [-0.39, 0.29) is 29.7 Å². The number of carbonyl (C=O) groups is 1. The lowest BCUT2D eigenvalue weighted by atomic mass is 9.73. The van der Waals surface area contributed by atoms with Gasteiger partial charge in [0.25, 0.3) is 0 Å². The fourth-order valence-electron chi connectivity index (χ4n) is 3.82. The number of imidazole rings is 1. The minimum Gasteiger partial charge on any atom is -0.392 e. The van der Waals surface area contributed by atoms with Crippen molar-refractivity contribution >= 4 is 16.9 Å². The maximum absolute atomic E-state index is 12.6. The average Bonchev–Trinajstić information content (AvgIpc) is 2.88. The first-order chi connectivity index (χ1) is 12.0. The lowest BCUT2D eigenvalue weighted by molar-refractivity contribution is -0.122. The minimum atomic E-state index is -0.383. The molecule has 25 heavy (non-hydrogen) atoms. The number of para-hydroxylation sites is 2. The highest BCUT2D eigenvalue weighted by atomic mass is 16.3. The van der Waals surface area contributed by atoms with Gasteiger partial charge in [-0.15, -0.1) is 0 Å². The van der Waals surface area contributed by atoms with Gasteiger partial charge in [-0.2, -0.15) is 0 Å². The summed E-state index contributed by atoms with van der Waals surface area (Å²) in [6.07, 6.45) is 3.43. The van der Waals surface area contributed by atoms with E-state index in [0.717, 1.165) is 36.7 Å². The van der Waals surface area contributed by atoms with Crippen LogP contribution in [-0.2, 0) is 17.9 Å². The molecule has 6 heteroatoms. The number of fused-ring (bicyclic) bond motifs is 1. The third-order valence-electron chi connectivity index (χ3n) is 5.51. The molecule has 0 aliphatic heterocycles. The minimum absolute atomic E-state index is 0.00147. The summed E-state index contributed by atoms with van der Waals surface area (Å²) >= 11 is 0. The van der Waals surface area contributed by atoms with Crippen molar-refractivity contribution < 1.29 is 9.90 Å². The van der Waals surface area contributed by atoms with E-state index >= 15 is 0 Å². The Labute approximate surface area is 147 Å². The Kier molecular flexibility index (Phi) is 4.99. The second-order valence-corrected chi connectivity index (χ2v) is 7.29. The molecule has 0 spiro atoms. The molecule has 0 bridgehead atoms. The molecule has 1 aliphatic rings. The number of amides is 1. The van der Waals surface area contributed by atoms with Crippen molar-refractivity contribution in [2.24, 2.45) is 5.41 Å². The highest BCUT2D eigenvalue weighted by Crippen LogP contribution is 2.35. The van der Waals surface area contributed by atoms with Crippen LogP contribution in [0.5, 0.6) is 0 Å². The number of aliphatic hydroxyl groups excluding tert-OH is 1. The van der Waals surface area contributed by atoms with E-state index in [2.05, 4.69) is 5.32 Å². The topological polar surface area (TPSA) is 76.3 Å². The fraction of sp³-hybridized carbons (Fsp3) is 0.579. The molecule has 1 heterocycles. The van der Waals surface area contributed by atoms with Gasteiger partial charge in [0, 0.05) is 18.5 Å². The molecule has 1 aliphatic carbocycles. The Morgan fingerprint density at radius 1 is 1.28 bits per heavy atom. The van der Waals surface area contributed by atoms with E-state index in [9.17, 15) is 14.7 Å². The predicted octanol–water partition coefficient (Wildman–Crippen LogP) is 1.88. The van der Waals surface area contributed by atoms with Crippen LogP contribution in [-0.4, -0.2) is 32.8 Å². The van der Waals surface area contributed by atoms with Crippen molar-refractivity contribution in [2.75, 3.05) is 6.54 Å². The zero-order valence-corrected chi connectivity index (χ0v) is 15.0. The van der Waals surface area contributed by atoms with E-state index in [1.54, 1.807) is 4.57 Å². The molecule has 2 atom stereocenters. The standard InChI is InChI=1S/C19H27N3O3/c1-3-21-14-8-4-5-9-15(14)22(18(21)25)12-17(24)20-13-19(2)11-7-6-10-16(19)23/h4-5,8-9,16,23H,3,6-7,10-13H2,1-2H3,(H,20,24)/t16-,19-/m1/s1. The zero-order valence-electron chi connectivity index (χ0n) is 15.0. The number of carbonyl (C=O) groups excluding carboxylic acids is 1. The Bertz CT molecular complexity index is 823. The highest BCUT2D eigenvalue weighted by Gasteiger charge is 2.35. The van der Waals surface area contributed by atoms with Gasteiger partial charge < -0.3 is 10.4 Å². The van der Waals surface area contributed by atoms with E-state index < -0.39 is 0 Å². The lowest BCUT2D eigenvalue weighted by Crippen LogP contribution is -2.46. The van der Waals surface area contributed by atoms with Crippen molar-refractivity contribution in [3.63, 3.8) is 0 Å². The second-order valence-electron chi connectivity index (χ2n) is 7.29. The van der Waals surface area contributed by atoms with E-state index in [1.807, 2.05) is 38.1 Å². The van der Waals surface area contributed by atoms with Gasteiger partial charge in [-0.25, -0.2) is 4.79 Å². The fourth-order valence-corrected chi connectivity index (χ4v) is 3.82. The molecule has 1 amide bonds. The van der Waals surface area contributed by atoms with Crippen molar-refractivity contribution in [1.82, 2.24) is 14.5 Å². The van der Waals surface area contributed by atoms with Crippen LogP contribution < -0.4 is 11.0 Å². The molecule has 0 radical (unpaired) electrons.